The Hall–Kier alpha value is 0.390. The molecular weight excluding hydrogens is 225 g/mol. The summed E-state index contributed by atoms with van der Waals surface area (Å²) >= 11 is 0. The average Bonchev–Trinajstić information content (AvgIpc) is 2.38. The summed E-state index contributed by atoms with van der Waals surface area (Å²) in [7, 11) is 0.403. The van der Waals surface area contributed by atoms with Gasteiger partial charge in [0, 0.05) is 0 Å². The summed E-state index contributed by atoms with van der Waals surface area (Å²) in [5.74, 6) is 0. The van der Waals surface area contributed by atoms with Crippen LogP contribution < -0.4 is 6.15 Å². The summed E-state index contributed by atoms with van der Waals surface area (Å²) in [6, 6.07) is 0. The molecule has 0 saturated heterocycles. The second kappa shape index (κ2) is 8.48. The monoisotopic (exact) mass is 257 g/mol. The molecule has 0 aromatic carbocycles. The van der Waals surface area contributed by atoms with Gasteiger partial charge in [-0.1, -0.05) is 51.9 Å². The first-order valence-corrected chi connectivity index (χ1v) is 9.34. The van der Waals surface area contributed by atoms with E-state index >= 15 is 0 Å². The number of hydrogen-bond acceptors (Lipinski definition) is 1. The molecule has 0 radical (unpaired) electrons. The highest BCUT2D eigenvalue weighted by Gasteiger charge is 2.29. The molecule has 2 aliphatic carbocycles. The van der Waals surface area contributed by atoms with Gasteiger partial charge in [0.1, 0.15) is 0 Å². The average molecular weight is 257 g/mol. The second-order valence-electron chi connectivity index (χ2n) is 5.82. The Balaban J connectivity index is 0.00000144. The SMILES string of the molecule is CCCP(C1CCCCC1)C1CCCCC1.N. The third-order valence-corrected chi connectivity index (χ3v) is 8.44. The minimum atomic E-state index is 0. The van der Waals surface area contributed by atoms with E-state index in [1.807, 2.05) is 0 Å². The van der Waals surface area contributed by atoms with Crippen molar-refractivity contribution in [2.75, 3.05) is 6.16 Å². The van der Waals surface area contributed by atoms with Crippen LogP contribution >= 0.6 is 7.92 Å². The van der Waals surface area contributed by atoms with E-state index in [-0.39, 0.29) is 6.15 Å². The van der Waals surface area contributed by atoms with Gasteiger partial charge in [0.25, 0.3) is 0 Å². The summed E-state index contributed by atoms with van der Waals surface area (Å²) < 4.78 is 0. The van der Waals surface area contributed by atoms with Crippen LogP contribution in [0.15, 0.2) is 0 Å². The lowest BCUT2D eigenvalue weighted by atomic mass is 9.99. The topological polar surface area (TPSA) is 35.0 Å². The molecule has 17 heavy (non-hydrogen) atoms. The molecule has 0 spiro atoms. The van der Waals surface area contributed by atoms with Crippen molar-refractivity contribution in [2.45, 2.75) is 88.9 Å². The lowest BCUT2D eigenvalue weighted by Gasteiger charge is -2.38. The molecule has 2 heteroatoms. The van der Waals surface area contributed by atoms with Crippen molar-refractivity contribution in [3.63, 3.8) is 0 Å². The Morgan fingerprint density at radius 1 is 0.765 bits per heavy atom. The first-order chi connectivity index (χ1) is 7.92. The van der Waals surface area contributed by atoms with Gasteiger partial charge in [0.05, 0.1) is 0 Å². The summed E-state index contributed by atoms with van der Waals surface area (Å²) in [4.78, 5) is 0. The predicted molar refractivity (Wildman–Crippen MR) is 80.8 cm³/mol. The molecule has 0 heterocycles. The summed E-state index contributed by atoms with van der Waals surface area (Å²) in [5.41, 5.74) is 2.35. The van der Waals surface area contributed by atoms with Crippen LogP contribution in [0, 0.1) is 0 Å². The molecule has 2 fully saturated rings. The molecule has 0 aliphatic heterocycles. The third-order valence-electron chi connectivity index (χ3n) is 4.57. The minimum absolute atomic E-state index is 0. The van der Waals surface area contributed by atoms with Gasteiger partial charge < -0.3 is 6.15 Å². The highest BCUT2D eigenvalue weighted by atomic mass is 31.1. The van der Waals surface area contributed by atoms with Crippen molar-refractivity contribution in [1.29, 1.82) is 0 Å². The molecule has 0 unspecified atom stereocenters. The maximum absolute atomic E-state index is 2.40. The van der Waals surface area contributed by atoms with Crippen molar-refractivity contribution < 1.29 is 0 Å². The molecule has 2 aliphatic rings. The van der Waals surface area contributed by atoms with Gasteiger partial charge in [0.15, 0.2) is 0 Å². The van der Waals surface area contributed by atoms with Gasteiger partial charge in [-0.05, 0) is 43.2 Å². The van der Waals surface area contributed by atoms with Crippen LogP contribution in [-0.2, 0) is 0 Å². The fourth-order valence-electron chi connectivity index (χ4n) is 3.75. The van der Waals surface area contributed by atoms with Crippen LogP contribution in [0.4, 0.5) is 0 Å². The molecule has 2 saturated carbocycles. The zero-order valence-corrected chi connectivity index (χ0v) is 12.7. The lowest BCUT2D eigenvalue weighted by molar-refractivity contribution is 0.484. The van der Waals surface area contributed by atoms with Crippen LogP contribution in [0.2, 0.25) is 0 Å². The van der Waals surface area contributed by atoms with Gasteiger partial charge in [-0.2, -0.15) is 0 Å². The van der Waals surface area contributed by atoms with Gasteiger partial charge in [-0.3, -0.25) is 0 Å². The van der Waals surface area contributed by atoms with Crippen LogP contribution in [0.25, 0.3) is 0 Å². The molecule has 3 N–H and O–H groups in total. The van der Waals surface area contributed by atoms with Gasteiger partial charge in [-0.25, -0.2) is 0 Å². The smallest absolute Gasteiger partial charge is 0.0207 e. The summed E-state index contributed by atoms with van der Waals surface area (Å²) in [5, 5.41) is 0. The summed E-state index contributed by atoms with van der Waals surface area (Å²) in [6.07, 6.45) is 18.6. The van der Waals surface area contributed by atoms with Crippen molar-refractivity contribution in [2.24, 2.45) is 0 Å². The molecule has 2 rings (SSSR count). The maximum Gasteiger partial charge on any atom is -0.0207 e. The zero-order valence-electron chi connectivity index (χ0n) is 11.8. The predicted octanol–water partition coefficient (Wildman–Crippen LogP) is 5.71. The lowest BCUT2D eigenvalue weighted by Crippen LogP contribution is -2.21. The van der Waals surface area contributed by atoms with Crippen molar-refractivity contribution in [3.05, 3.63) is 0 Å². The third kappa shape index (κ3) is 4.52. The number of rotatable bonds is 4. The van der Waals surface area contributed by atoms with E-state index in [1.54, 1.807) is 57.5 Å². The van der Waals surface area contributed by atoms with E-state index in [2.05, 4.69) is 6.92 Å². The van der Waals surface area contributed by atoms with Gasteiger partial charge in [-0.15, -0.1) is 7.92 Å². The van der Waals surface area contributed by atoms with Crippen molar-refractivity contribution in [3.8, 4) is 0 Å². The van der Waals surface area contributed by atoms with E-state index in [9.17, 15) is 0 Å². The molecule has 0 atom stereocenters. The van der Waals surface area contributed by atoms with Crippen LogP contribution in [0.1, 0.15) is 77.6 Å². The Bertz CT molecular complexity index is 165. The van der Waals surface area contributed by atoms with Crippen LogP contribution in [-0.4, -0.2) is 17.5 Å². The molecule has 0 aromatic rings. The Morgan fingerprint density at radius 3 is 1.53 bits per heavy atom. The van der Waals surface area contributed by atoms with Gasteiger partial charge >= 0.3 is 0 Å². The maximum atomic E-state index is 2.40. The van der Waals surface area contributed by atoms with Crippen molar-refractivity contribution >= 4 is 7.92 Å². The highest BCUT2D eigenvalue weighted by Crippen LogP contribution is 2.55. The fraction of sp³-hybridized carbons (Fsp3) is 1.00. The van der Waals surface area contributed by atoms with Crippen molar-refractivity contribution in [1.82, 2.24) is 6.15 Å². The van der Waals surface area contributed by atoms with E-state index in [0.717, 1.165) is 0 Å². The molecule has 0 amide bonds. The quantitative estimate of drug-likeness (QED) is 0.643. The van der Waals surface area contributed by atoms with E-state index in [4.69, 9.17) is 0 Å². The standard InChI is InChI=1S/C15H29P.H3N/c1-2-13-16(14-9-5-3-6-10-14)15-11-7-4-8-12-15;/h14-15H,2-13H2,1H3;1H3. The normalized spacial score (nSPS) is 23.6. The largest absolute Gasteiger partial charge is 0.344 e. The van der Waals surface area contributed by atoms with Crippen LogP contribution in [0.5, 0.6) is 0 Å². The Morgan fingerprint density at radius 2 is 1.18 bits per heavy atom. The first-order valence-electron chi connectivity index (χ1n) is 7.67. The van der Waals surface area contributed by atoms with E-state index in [1.165, 1.54) is 30.6 Å². The molecule has 0 bridgehead atoms. The zero-order chi connectivity index (χ0) is 11.2. The minimum Gasteiger partial charge on any atom is -0.344 e. The molecule has 102 valence electrons. The van der Waals surface area contributed by atoms with E-state index < -0.39 is 0 Å². The number of hydrogen-bond donors (Lipinski definition) is 1. The highest BCUT2D eigenvalue weighted by molar-refractivity contribution is 7.59. The molecule has 1 nitrogen and oxygen atoms in total. The van der Waals surface area contributed by atoms with Gasteiger partial charge in [0.2, 0.25) is 0 Å². The second-order valence-corrected chi connectivity index (χ2v) is 8.76. The fourth-order valence-corrected chi connectivity index (χ4v) is 7.65. The van der Waals surface area contributed by atoms with Crippen LogP contribution in [0.3, 0.4) is 0 Å². The Kier molecular flexibility index (Phi) is 7.71. The Labute approximate surface area is 109 Å². The molecule has 0 aromatic heterocycles. The first kappa shape index (κ1) is 15.4. The van der Waals surface area contributed by atoms with E-state index in [0.29, 0.717) is 7.92 Å². The summed E-state index contributed by atoms with van der Waals surface area (Å²) in [6.45, 7) is 2.40. The molecular formula is C15H32NP.